The zero-order valence-corrected chi connectivity index (χ0v) is 10.2. The fourth-order valence-electron chi connectivity index (χ4n) is 1.94. The van der Waals surface area contributed by atoms with Crippen molar-refractivity contribution in [3.8, 4) is 0 Å². The van der Waals surface area contributed by atoms with E-state index >= 15 is 0 Å². The summed E-state index contributed by atoms with van der Waals surface area (Å²) >= 11 is 0. The van der Waals surface area contributed by atoms with Crippen LogP contribution in [0.5, 0.6) is 0 Å². The van der Waals surface area contributed by atoms with Gasteiger partial charge in [0.1, 0.15) is 5.76 Å². The van der Waals surface area contributed by atoms with Gasteiger partial charge in [-0.3, -0.25) is 9.59 Å². The van der Waals surface area contributed by atoms with Crippen LogP contribution in [0.15, 0.2) is 22.8 Å². The molecular formula is C13H17NO4. The molecule has 1 aromatic rings. The molecule has 1 N–H and O–H groups in total. The molecule has 1 saturated carbocycles. The van der Waals surface area contributed by atoms with Crippen LogP contribution >= 0.6 is 0 Å². The Morgan fingerprint density at radius 2 is 2.17 bits per heavy atom. The molecule has 98 valence electrons. The lowest BCUT2D eigenvalue weighted by atomic mass is 10.2. The maximum Gasteiger partial charge on any atom is 0.305 e. The number of aliphatic carboxylic acids is 1. The SMILES string of the molecule is O=C(O)CCN(C(=O)CCc1ccco1)C1CC1. The first-order chi connectivity index (χ1) is 8.66. The molecule has 18 heavy (non-hydrogen) atoms. The van der Waals surface area contributed by atoms with E-state index in [2.05, 4.69) is 0 Å². The molecule has 5 heteroatoms. The predicted molar refractivity (Wildman–Crippen MR) is 64.0 cm³/mol. The van der Waals surface area contributed by atoms with Gasteiger partial charge in [-0.2, -0.15) is 0 Å². The molecule has 0 spiro atoms. The summed E-state index contributed by atoms with van der Waals surface area (Å²) in [5.41, 5.74) is 0. The van der Waals surface area contributed by atoms with Crippen molar-refractivity contribution in [1.82, 2.24) is 4.90 Å². The quantitative estimate of drug-likeness (QED) is 0.800. The fraction of sp³-hybridized carbons (Fsp3) is 0.538. The van der Waals surface area contributed by atoms with E-state index in [-0.39, 0.29) is 18.4 Å². The number of nitrogens with zero attached hydrogens (tertiary/aromatic N) is 1. The molecule has 1 aliphatic rings. The van der Waals surface area contributed by atoms with E-state index in [0.717, 1.165) is 18.6 Å². The van der Waals surface area contributed by atoms with Gasteiger partial charge in [0, 0.05) is 25.4 Å². The lowest BCUT2D eigenvalue weighted by Crippen LogP contribution is -2.35. The summed E-state index contributed by atoms with van der Waals surface area (Å²) in [6.45, 7) is 0.316. The minimum absolute atomic E-state index is 0.0169. The molecule has 0 bridgehead atoms. The van der Waals surface area contributed by atoms with Gasteiger partial charge in [-0.25, -0.2) is 0 Å². The van der Waals surface area contributed by atoms with Crippen LogP contribution in [-0.4, -0.2) is 34.5 Å². The summed E-state index contributed by atoms with van der Waals surface area (Å²) in [4.78, 5) is 24.3. The largest absolute Gasteiger partial charge is 0.481 e. The summed E-state index contributed by atoms with van der Waals surface area (Å²) < 4.78 is 5.17. The molecule has 0 saturated heterocycles. The zero-order valence-electron chi connectivity index (χ0n) is 10.2. The zero-order chi connectivity index (χ0) is 13.0. The Kier molecular flexibility index (Phi) is 4.02. The van der Waals surface area contributed by atoms with Crippen LogP contribution in [0.3, 0.4) is 0 Å². The van der Waals surface area contributed by atoms with Gasteiger partial charge in [0.05, 0.1) is 12.7 Å². The molecule has 1 aromatic heterocycles. The van der Waals surface area contributed by atoms with Gasteiger partial charge in [0.2, 0.25) is 5.91 Å². The number of carbonyl (C=O) groups excluding carboxylic acids is 1. The Morgan fingerprint density at radius 1 is 1.39 bits per heavy atom. The third-order valence-corrected chi connectivity index (χ3v) is 3.04. The first-order valence-corrected chi connectivity index (χ1v) is 6.20. The van der Waals surface area contributed by atoms with Crippen LogP contribution in [0, 0.1) is 0 Å². The molecule has 0 radical (unpaired) electrons. The molecular weight excluding hydrogens is 234 g/mol. The topological polar surface area (TPSA) is 70.8 Å². The van der Waals surface area contributed by atoms with Crippen LogP contribution in [0.2, 0.25) is 0 Å². The minimum atomic E-state index is -0.862. The standard InChI is InChI=1S/C13H17NO4/c15-12(6-5-11-2-1-9-18-11)14(10-3-4-10)8-7-13(16)17/h1-2,9-10H,3-8H2,(H,16,17). The van der Waals surface area contributed by atoms with E-state index in [1.54, 1.807) is 17.2 Å². The molecule has 0 aromatic carbocycles. The number of carboxylic acid groups (broad SMARTS) is 1. The minimum Gasteiger partial charge on any atom is -0.481 e. The molecule has 5 nitrogen and oxygen atoms in total. The van der Waals surface area contributed by atoms with Crippen molar-refractivity contribution in [2.24, 2.45) is 0 Å². The smallest absolute Gasteiger partial charge is 0.305 e. The highest BCUT2D eigenvalue weighted by molar-refractivity contribution is 5.78. The van der Waals surface area contributed by atoms with Crippen molar-refractivity contribution in [3.63, 3.8) is 0 Å². The predicted octanol–water partition coefficient (Wildman–Crippen LogP) is 1.68. The Hall–Kier alpha value is -1.78. The molecule has 0 unspecified atom stereocenters. The number of aryl methyl sites for hydroxylation is 1. The third kappa shape index (κ3) is 3.61. The van der Waals surface area contributed by atoms with E-state index in [4.69, 9.17) is 9.52 Å². The van der Waals surface area contributed by atoms with Crippen molar-refractivity contribution in [2.75, 3.05) is 6.54 Å². The maximum absolute atomic E-state index is 12.0. The van der Waals surface area contributed by atoms with Gasteiger partial charge in [0.15, 0.2) is 0 Å². The lowest BCUT2D eigenvalue weighted by molar-refractivity contribution is -0.138. The van der Waals surface area contributed by atoms with Crippen molar-refractivity contribution in [2.45, 2.75) is 38.1 Å². The number of furan rings is 1. The molecule has 0 aliphatic heterocycles. The van der Waals surface area contributed by atoms with E-state index in [1.165, 1.54) is 0 Å². The second-order valence-electron chi connectivity index (χ2n) is 4.54. The van der Waals surface area contributed by atoms with E-state index in [0.29, 0.717) is 19.4 Å². The molecule has 2 rings (SSSR count). The van der Waals surface area contributed by atoms with E-state index in [1.807, 2.05) is 6.07 Å². The average molecular weight is 251 g/mol. The summed E-state index contributed by atoms with van der Waals surface area (Å²) in [5, 5.41) is 8.67. The van der Waals surface area contributed by atoms with Gasteiger partial charge >= 0.3 is 5.97 Å². The molecule has 1 aliphatic carbocycles. The molecule has 0 atom stereocenters. The first-order valence-electron chi connectivity index (χ1n) is 6.20. The lowest BCUT2D eigenvalue weighted by Gasteiger charge is -2.21. The fourth-order valence-corrected chi connectivity index (χ4v) is 1.94. The highest BCUT2D eigenvalue weighted by atomic mass is 16.4. The average Bonchev–Trinajstić information content (AvgIpc) is 3.03. The van der Waals surface area contributed by atoms with Crippen molar-refractivity contribution in [3.05, 3.63) is 24.2 Å². The Labute approximate surface area is 105 Å². The molecule has 1 heterocycles. The maximum atomic E-state index is 12.0. The number of rotatable bonds is 7. The van der Waals surface area contributed by atoms with E-state index in [9.17, 15) is 9.59 Å². The van der Waals surface area contributed by atoms with Crippen LogP contribution in [-0.2, 0) is 16.0 Å². The summed E-state index contributed by atoms with van der Waals surface area (Å²) in [6, 6.07) is 3.89. The number of carbonyl (C=O) groups is 2. The van der Waals surface area contributed by atoms with Gasteiger partial charge in [-0.1, -0.05) is 0 Å². The number of hydrogen-bond donors (Lipinski definition) is 1. The van der Waals surface area contributed by atoms with Crippen molar-refractivity contribution in [1.29, 1.82) is 0 Å². The molecule has 1 amide bonds. The second-order valence-corrected chi connectivity index (χ2v) is 4.54. The Morgan fingerprint density at radius 3 is 2.72 bits per heavy atom. The monoisotopic (exact) mass is 251 g/mol. The second kappa shape index (κ2) is 5.71. The summed E-state index contributed by atoms with van der Waals surface area (Å²) in [6.07, 6.45) is 4.54. The first kappa shape index (κ1) is 12.7. The number of carboxylic acids is 1. The van der Waals surface area contributed by atoms with Crippen LogP contribution in [0.1, 0.15) is 31.4 Å². The highest BCUT2D eigenvalue weighted by Crippen LogP contribution is 2.27. The summed E-state index contributed by atoms with van der Waals surface area (Å²) in [5.74, 6) is -0.0491. The van der Waals surface area contributed by atoms with Gasteiger partial charge in [-0.15, -0.1) is 0 Å². The van der Waals surface area contributed by atoms with Gasteiger partial charge in [0.25, 0.3) is 0 Å². The normalized spacial score (nSPS) is 14.4. The Bertz CT molecular complexity index is 409. The van der Waals surface area contributed by atoms with Crippen LogP contribution in [0.4, 0.5) is 0 Å². The van der Waals surface area contributed by atoms with Gasteiger partial charge < -0.3 is 14.4 Å². The van der Waals surface area contributed by atoms with Crippen molar-refractivity contribution >= 4 is 11.9 Å². The third-order valence-electron chi connectivity index (χ3n) is 3.04. The van der Waals surface area contributed by atoms with E-state index < -0.39 is 5.97 Å². The number of amides is 1. The van der Waals surface area contributed by atoms with Crippen LogP contribution < -0.4 is 0 Å². The Balaban J connectivity index is 1.81. The highest BCUT2D eigenvalue weighted by Gasteiger charge is 2.32. The number of hydrogen-bond acceptors (Lipinski definition) is 3. The summed E-state index contributed by atoms with van der Waals surface area (Å²) in [7, 11) is 0. The van der Waals surface area contributed by atoms with Gasteiger partial charge in [-0.05, 0) is 25.0 Å². The molecule has 1 fully saturated rings. The van der Waals surface area contributed by atoms with Crippen LogP contribution in [0.25, 0.3) is 0 Å². The van der Waals surface area contributed by atoms with Crippen molar-refractivity contribution < 1.29 is 19.1 Å².